The lowest BCUT2D eigenvalue weighted by atomic mass is 10.3. The van der Waals surface area contributed by atoms with Crippen LogP contribution in [0.3, 0.4) is 0 Å². The molecule has 0 aliphatic rings. The number of H-pyrrole nitrogens is 1. The molecule has 0 saturated carbocycles. The number of aromatic nitrogens is 4. The summed E-state index contributed by atoms with van der Waals surface area (Å²) < 4.78 is 0. The number of hydrogen-bond donors (Lipinski definition) is 3. The first kappa shape index (κ1) is 12.6. The number of nitrogens with zero attached hydrogens (tertiary/aromatic N) is 4. The normalized spacial score (nSPS) is 10.8. The quantitative estimate of drug-likeness (QED) is 0.695. The standard InChI is InChI=1S/C11H18N6O/c1-3-12-11-14-9-8(7-13-16-9)10(15-11)17(4-2)5-6-18/h7,18H,3-6H2,1-2H3,(H2,12,13,14,15,16). The van der Waals surface area contributed by atoms with Crippen molar-refractivity contribution in [2.75, 3.05) is 36.5 Å². The molecule has 2 aromatic rings. The Hall–Kier alpha value is -1.89. The Morgan fingerprint density at radius 1 is 1.39 bits per heavy atom. The molecule has 0 aliphatic heterocycles. The average Bonchev–Trinajstić information content (AvgIpc) is 2.83. The highest BCUT2D eigenvalue weighted by atomic mass is 16.3. The molecule has 0 unspecified atom stereocenters. The Kier molecular flexibility index (Phi) is 3.93. The van der Waals surface area contributed by atoms with Crippen LogP contribution in [0.1, 0.15) is 13.8 Å². The number of nitrogens with one attached hydrogen (secondary N) is 2. The zero-order chi connectivity index (χ0) is 13.0. The molecule has 0 saturated heterocycles. The van der Waals surface area contributed by atoms with Gasteiger partial charge in [-0.05, 0) is 13.8 Å². The van der Waals surface area contributed by atoms with E-state index in [4.69, 9.17) is 5.11 Å². The van der Waals surface area contributed by atoms with Gasteiger partial charge in [0.15, 0.2) is 5.65 Å². The Bertz CT molecular complexity index is 511. The molecule has 0 aliphatic carbocycles. The molecular weight excluding hydrogens is 232 g/mol. The number of hydrogen-bond acceptors (Lipinski definition) is 6. The Morgan fingerprint density at radius 3 is 2.89 bits per heavy atom. The molecule has 2 rings (SSSR count). The molecule has 2 heterocycles. The van der Waals surface area contributed by atoms with Crippen molar-refractivity contribution in [2.24, 2.45) is 0 Å². The van der Waals surface area contributed by atoms with Gasteiger partial charge in [-0.15, -0.1) is 0 Å². The maximum absolute atomic E-state index is 9.10. The summed E-state index contributed by atoms with van der Waals surface area (Å²) in [4.78, 5) is 10.8. The average molecular weight is 250 g/mol. The van der Waals surface area contributed by atoms with E-state index in [1.165, 1.54) is 0 Å². The summed E-state index contributed by atoms with van der Waals surface area (Å²) in [6.07, 6.45) is 1.71. The maximum atomic E-state index is 9.10. The van der Waals surface area contributed by atoms with Gasteiger partial charge < -0.3 is 15.3 Å². The molecule has 0 atom stereocenters. The molecule has 98 valence electrons. The Balaban J connectivity index is 2.47. The highest BCUT2D eigenvalue weighted by molar-refractivity contribution is 5.87. The van der Waals surface area contributed by atoms with E-state index in [0.29, 0.717) is 18.1 Å². The van der Waals surface area contributed by atoms with Gasteiger partial charge in [0, 0.05) is 19.6 Å². The van der Waals surface area contributed by atoms with Crippen molar-refractivity contribution in [2.45, 2.75) is 13.8 Å². The van der Waals surface area contributed by atoms with E-state index in [1.807, 2.05) is 18.7 Å². The van der Waals surface area contributed by atoms with Gasteiger partial charge in [0.05, 0.1) is 18.2 Å². The fourth-order valence-corrected chi connectivity index (χ4v) is 1.83. The van der Waals surface area contributed by atoms with Crippen LogP contribution in [0.4, 0.5) is 11.8 Å². The van der Waals surface area contributed by atoms with Crippen molar-refractivity contribution < 1.29 is 5.11 Å². The molecule has 7 nitrogen and oxygen atoms in total. The summed E-state index contributed by atoms with van der Waals surface area (Å²) in [6, 6.07) is 0. The van der Waals surface area contributed by atoms with Crippen LogP contribution in [0.15, 0.2) is 6.20 Å². The fraction of sp³-hybridized carbons (Fsp3) is 0.545. The number of rotatable bonds is 6. The van der Waals surface area contributed by atoms with Crippen molar-refractivity contribution in [3.05, 3.63) is 6.20 Å². The van der Waals surface area contributed by atoms with Crippen LogP contribution in [0.2, 0.25) is 0 Å². The van der Waals surface area contributed by atoms with E-state index < -0.39 is 0 Å². The summed E-state index contributed by atoms with van der Waals surface area (Å²) in [5, 5.41) is 19.9. The van der Waals surface area contributed by atoms with Crippen LogP contribution in [0.5, 0.6) is 0 Å². The first-order chi connectivity index (χ1) is 8.80. The van der Waals surface area contributed by atoms with Crippen molar-refractivity contribution in [3.8, 4) is 0 Å². The largest absolute Gasteiger partial charge is 0.395 e. The van der Waals surface area contributed by atoms with Gasteiger partial charge in [-0.25, -0.2) is 0 Å². The molecule has 7 heteroatoms. The highest BCUT2D eigenvalue weighted by Gasteiger charge is 2.14. The third-order valence-electron chi connectivity index (χ3n) is 2.68. The van der Waals surface area contributed by atoms with Gasteiger partial charge in [0.2, 0.25) is 5.95 Å². The Labute approximate surface area is 105 Å². The van der Waals surface area contributed by atoms with E-state index in [9.17, 15) is 0 Å². The predicted molar refractivity (Wildman–Crippen MR) is 70.8 cm³/mol. The molecule has 0 radical (unpaired) electrons. The summed E-state index contributed by atoms with van der Waals surface area (Å²) in [5.74, 6) is 1.36. The van der Waals surface area contributed by atoms with Crippen molar-refractivity contribution in [1.82, 2.24) is 20.2 Å². The van der Waals surface area contributed by atoms with Crippen LogP contribution in [-0.4, -0.2) is 51.5 Å². The van der Waals surface area contributed by atoms with Crippen LogP contribution in [-0.2, 0) is 0 Å². The number of fused-ring (bicyclic) bond motifs is 1. The molecule has 2 aromatic heterocycles. The van der Waals surface area contributed by atoms with Gasteiger partial charge in [-0.3, -0.25) is 5.10 Å². The smallest absolute Gasteiger partial charge is 0.226 e. The first-order valence-electron chi connectivity index (χ1n) is 6.10. The molecule has 0 spiro atoms. The summed E-state index contributed by atoms with van der Waals surface area (Å²) >= 11 is 0. The minimum absolute atomic E-state index is 0.0910. The van der Waals surface area contributed by atoms with Gasteiger partial charge in [-0.2, -0.15) is 15.1 Å². The van der Waals surface area contributed by atoms with Crippen molar-refractivity contribution >= 4 is 22.8 Å². The summed E-state index contributed by atoms with van der Waals surface area (Å²) in [7, 11) is 0. The molecule has 3 N–H and O–H groups in total. The number of likely N-dealkylation sites (N-methyl/N-ethyl adjacent to an activating group) is 1. The van der Waals surface area contributed by atoms with E-state index in [2.05, 4.69) is 25.5 Å². The highest BCUT2D eigenvalue weighted by Crippen LogP contribution is 2.23. The monoisotopic (exact) mass is 250 g/mol. The van der Waals surface area contributed by atoms with Gasteiger partial charge in [0.1, 0.15) is 5.82 Å². The van der Waals surface area contributed by atoms with Crippen molar-refractivity contribution in [3.63, 3.8) is 0 Å². The minimum atomic E-state index is 0.0910. The molecular formula is C11H18N6O. The second-order valence-electron chi connectivity index (χ2n) is 3.84. The minimum Gasteiger partial charge on any atom is -0.395 e. The van der Waals surface area contributed by atoms with E-state index in [-0.39, 0.29) is 6.61 Å². The SMILES string of the molecule is CCNc1nc(N(CC)CCO)c2cn[nH]c2n1. The number of aromatic amines is 1. The number of anilines is 2. The Morgan fingerprint density at radius 2 is 2.22 bits per heavy atom. The second-order valence-corrected chi connectivity index (χ2v) is 3.84. The van der Waals surface area contributed by atoms with Gasteiger partial charge >= 0.3 is 0 Å². The van der Waals surface area contributed by atoms with Crippen molar-refractivity contribution in [1.29, 1.82) is 0 Å². The lowest BCUT2D eigenvalue weighted by Gasteiger charge is -2.21. The topological polar surface area (TPSA) is 90.0 Å². The predicted octanol–water partition coefficient (Wildman–Crippen LogP) is 0.603. The molecule has 18 heavy (non-hydrogen) atoms. The van der Waals surface area contributed by atoms with Crippen LogP contribution in [0, 0.1) is 0 Å². The lowest BCUT2D eigenvalue weighted by Crippen LogP contribution is -2.27. The zero-order valence-corrected chi connectivity index (χ0v) is 10.6. The van der Waals surface area contributed by atoms with Crippen LogP contribution < -0.4 is 10.2 Å². The third kappa shape index (κ3) is 2.35. The lowest BCUT2D eigenvalue weighted by molar-refractivity contribution is 0.302. The van der Waals surface area contributed by atoms with Gasteiger partial charge in [-0.1, -0.05) is 0 Å². The third-order valence-corrected chi connectivity index (χ3v) is 2.68. The van der Waals surface area contributed by atoms with Crippen LogP contribution in [0.25, 0.3) is 11.0 Å². The summed E-state index contributed by atoms with van der Waals surface area (Å²) in [5.41, 5.74) is 0.701. The fourth-order valence-electron chi connectivity index (χ4n) is 1.83. The maximum Gasteiger partial charge on any atom is 0.226 e. The summed E-state index contributed by atoms with van der Waals surface area (Å²) in [6.45, 7) is 6.17. The number of aliphatic hydroxyl groups excluding tert-OH is 1. The second kappa shape index (κ2) is 5.63. The van der Waals surface area contributed by atoms with E-state index in [1.54, 1.807) is 6.20 Å². The van der Waals surface area contributed by atoms with E-state index >= 15 is 0 Å². The molecule has 0 fully saturated rings. The molecule has 0 bridgehead atoms. The first-order valence-corrected chi connectivity index (χ1v) is 6.10. The zero-order valence-electron chi connectivity index (χ0n) is 10.6. The molecule has 0 amide bonds. The van der Waals surface area contributed by atoms with Crippen LogP contribution >= 0.6 is 0 Å². The van der Waals surface area contributed by atoms with Gasteiger partial charge in [0.25, 0.3) is 0 Å². The molecule has 0 aromatic carbocycles. The van der Waals surface area contributed by atoms with E-state index in [0.717, 1.165) is 24.3 Å². The number of aliphatic hydroxyl groups is 1.